The fourth-order valence-electron chi connectivity index (χ4n) is 4.90. The summed E-state index contributed by atoms with van der Waals surface area (Å²) in [6, 6.07) is 10.2. The maximum absolute atomic E-state index is 12.9. The van der Waals surface area contributed by atoms with Crippen LogP contribution in [-0.4, -0.2) is 17.8 Å². The van der Waals surface area contributed by atoms with Gasteiger partial charge in [-0.3, -0.25) is 9.59 Å². The summed E-state index contributed by atoms with van der Waals surface area (Å²) in [6.07, 6.45) is 3.12. The first-order valence-electron chi connectivity index (χ1n) is 8.87. The number of carbonyl (C=O) groups is 3. The number of fused-ring (bicyclic) bond motifs is 5. The monoisotopic (exact) mass is 367 g/mol. The minimum absolute atomic E-state index is 0.0890. The molecular weight excluding hydrogens is 350 g/mol. The highest BCUT2D eigenvalue weighted by atomic mass is 32.1. The molecule has 5 nitrogen and oxygen atoms in total. The second-order valence-corrected chi connectivity index (χ2v) is 8.21. The number of imide groups is 1. The third kappa shape index (κ3) is 2.25. The standard InChI is InChI=1S/C20H17NO4S/c22-18-16-11-6-7-12(9-11)17(16)19(23)21(18)13-3-1-4-14(10-13)25-20(24)15-5-2-8-26-15/h1-5,8,10-12,16-17H,6-7,9H2/t11-,12-,16-,17-/m0/s1. The number of amides is 2. The van der Waals surface area contributed by atoms with Gasteiger partial charge in [-0.25, -0.2) is 9.69 Å². The number of hydrogen-bond donors (Lipinski definition) is 0. The van der Waals surface area contributed by atoms with Crippen molar-refractivity contribution in [2.45, 2.75) is 19.3 Å². The summed E-state index contributed by atoms with van der Waals surface area (Å²) >= 11 is 1.31. The summed E-state index contributed by atoms with van der Waals surface area (Å²) < 4.78 is 5.40. The summed E-state index contributed by atoms with van der Waals surface area (Å²) in [7, 11) is 0. The average Bonchev–Trinajstić information content (AvgIpc) is 3.39. The van der Waals surface area contributed by atoms with Gasteiger partial charge in [-0.15, -0.1) is 11.3 Å². The lowest BCUT2D eigenvalue weighted by Crippen LogP contribution is -2.32. The molecule has 6 heteroatoms. The average molecular weight is 367 g/mol. The molecule has 0 spiro atoms. The van der Waals surface area contributed by atoms with E-state index < -0.39 is 5.97 Å². The van der Waals surface area contributed by atoms with Gasteiger partial charge in [0, 0.05) is 6.07 Å². The molecule has 0 unspecified atom stereocenters. The smallest absolute Gasteiger partial charge is 0.353 e. The molecule has 1 aromatic heterocycles. The van der Waals surface area contributed by atoms with E-state index in [1.54, 1.807) is 36.4 Å². The van der Waals surface area contributed by atoms with E-state index in [4.69, 9.17) is 4.74 Å². The zero-order valence-electron chi connectivity index (χ0n) is 14.0. The minimum atomic E-state index is -0.439. The lowest BCUT2D eigenvalue weighted by Gasteiger charge is -2.19. The number of nitrogens with zero attached hydrogens (tertiary/aromatic N) is 1. The lowest BCUT2D eigenvalue weighted by atomic mass is 9.81. The second kappa shape index (κ2) is 5.77. The molecule has 26 heavy (non-hydrogen) atoms. The Hall–Kier alpha value is -2.47. The molecule has 2 amide bonds. The van der Waals surface area contributed by atoms with Crippen molar-refractivity contribution < 1.29 is 19.1 Å². The molecule has 2 bridgehead atoms. The molecule has 1 aromatic carbocycles. The molecule has 132 valence electrons. The van der Waals surface area contributed by atoms with E-state index >= 15 is 0 Å². The van der Waals surface area contributed by atoms with Crippen molar-refractivity contribution in [3.8, 4) is 5.75 Å². The SMILES string of the molecule is O=C(Oc1cccc(N2C(=O)[C@H]3[C@H]4CC[C@@H](C4)[C@@H]3C2=O)c1)c1cccs1. The number of hydrogen-bond acceptors (Lipinski definition) is 5. The first-order valence-corrected chi connectivity index (χ1v) is 9.75. The van der Waals surface area contributed by atoms with Crippen LogP contribution in [0, 0.1) is 23.7 Å². The summed E-state index contributed by atoms with van der Waals surface area (Å²) in [6.45, 7) is 0. The summed E-state index contributed by atoms with van der Waals surface area (Å²) in [5.41, 5.74) is 0.491. The largest absolute Gasteiger partial charge is 0.422 e. The summed E-state index contributed by atoms with van der Waals surface area (Å²) in [5, 5.41) is 1.81. The normalized spacial score (nSPS) is 29.3. The van der Waals surface area contributed by atoms with Crippen LogP contribution in [-0.2, 0) is 9.59 Å². The minimum Gasteiger partial charge on any atom is -0.422 e. The molecule has 2 heterocycles. The number of thiophene rings is 1. The summed E-state index contributed by atoms with van der Waals surface area (Å²) in [5.74, 6) is 0.116. The van der Waals surface area contributed by atoms with Gasteiger partial charge in [0.1, 0.15) is 10.6 Å². The molecule has 3 fully saturated rings. The third-order valence-corrected chi connectivity index (χ3v) is 6.79. The molecule has 1 aliphatic heterocycles. The Morgan fingerprint density at radius 2 is 1.77 bits per heavy atom. The lowest BCUT2D eigenvalue weighted by molar-refractivity contribution is -0.123. The highest BCUT2D eigenvalue weighted by Crippen LogP contribution is 2.56. The van der Waals surface area contributed by atoms with Crippen molar-refractivity contribution in [3.63, 3.8) is 0 Å². The molecule has 4 atom stereocenters. The van der Waals surface area contributed by atoms with Crippen molar-refractivity contribution in [1.82, 2.24) is 0 Å². The number of ether oxygens (including phenoxy) is 1. The highest BCUT2D eigenvalue weighted by molar-refractivity contribution is 7.12. The maximum Gasteiger partial charge on any atom is 0.353 e. The van der Waals surface area contributed by atoms with Crippen LogP contribution in [0.15, 0.2) is 41.8 Å². The zero-order chi connectivity index (χ0) is 17.8. The summed E-state index contributed by atoms with van der Waals surface area (Å²) in [4.78, 5) is 39.8. The number of benzene rings is 1. The molecule has 2 aromatic rings. The maximum atomic E-state index is 12.9. The van der Waals surface area contributed by atoms with Gasteiger partial charge in [0.05, 0.1) is 17.5 Å². The van der Waals surface area contributed by atoms with Gasteiger partial charge in [-0.1, -0.05) is 12.1 Å². The van der Waals surface area contributed by atoms with Crippen molar-refractivity contribution in [1.29, 1.82) is 0 Å². The Kier molecular flexibility index (Phi) is 3.50. The van der Waals surface area contributed by atoms with Crippen LogP contribution in [0.4, 0.5) is 5.69 Å². The van der Waals surface area contributed by atoms with E-state index in [-0.39, 0.29) is 23.7 Å². The van der Waals surface area contributed by atoms with Crippen LogP contribution in [0.2, 0.25) is 0 Å². The Morgan fingerprint density at radius 3 is 2.42 bits per heavy atom. The Labute approximate surface area is 154 Å². The predicted octanol–water partition coefficient (Wildman–Crippen LogP) is 3.50. The quantitative estimate of drug-likeness (QED) is 0.473. The van der Waals surface area contributed by atoms with Crippen LogP contribution in [0.5, 0.6) is 5.75 Å². The van der Waals surface area contributed by atoms with Gasteiger partial charge in [0.25, 0.3) is 0 Å². The number of carbonyl (C=O) groups excluding carboxylic acids is 3. The number of rotatable bonds is 3. The molecule has 2 saturated carbocycles. The van der Waals surface area contributed by atoms with E-state index in [0.717, 1.165) is 19.3 Å². The second-order valence-electron chi connectivity index (χ2n) is 7.26. The van der Waals surface area contributed by atoms with Gasteiger partial charge >= 0.3 is 5.97 Å². The van der Waals surface area contributed by atoms with Gasteiger partial charge in [-0.05, 0) is 54.7 Å². The van der Waals surface area contributed by atoms with Crippen molar-refractivity contribution in [2.24, 2.45) is 23.7 Å². The van der Waals surface area contributed by atoms with Crippen LogP contribution >= 0.6 is 11.3 Å². The van der Waals surface area contributed by atoms with E-state index in [1.165, 1.54) is 16.2 Å². The van der Waals surface area contributed by atoms with E-state index in [2.05, 4.69) is 0 Å². The molecule has 2 aliphatic carbocycles. The van der Waals surface area contributed by atoms with Crippen LogP contribution < -0.4 is 9.64 Å². The molecule has 3 aliphatic rings. The third-order valence-electron chi connectivity index (χ3n) is 5.94. The zero-order valence-corrected chi connectivity index (χ0v) is 14.8. The topological polar surface area (TPSA) is 63.7 Å². The van der Waals surface area contributed by atoms with Crippen LogP contribution in [0.25, 0.3) is 0 Å². The van der Waals surface area contributed by atoms with Gasteiger partial charge in [0.2, 0.25) is 11.8 Å². The molecule has 0 radical (unpaired) electrons. The number of esters is 1. The van der Waals surface area contributed by atoms with Gasteiger partial charge in [0.15, 0.2) is 0 Å². The fourth-order valence-corrected chi connectivity index (χ4v) is 5.50. The Morgan fingerprint density at radius 1 is 1.04 bits per heavy atom. The molecule has 0 N–H and O–H groups in total. The van der Waals surface area contributed by atoms with Gasteiger partial charge in [-0.2, -0.15) is 0 Å². The first kappa shape index (κ1) is 15.8. The van der Waals surface area contributed by atoms with Crippen LogP contribution in [0.1, 0.15) is 28.9 Å². The van der Waals surface area contributed by atoms with Crippen molar-refractivity contribution in [2.75, 3.05) is 4.90 Å². The van der Waals surface area contributed by atoms with Crippen molar-refractivity contribution >= 4 is 34.8 Å². The van der Waals surface area contributed by atoms with E-state index in [1.807, 2.05) is 5.38 Å². The highest BCUT2D eigenvalue weighted by Gasteiger charge is 2.61. The van der Waals surface area contributed by atoms with E-state index in [9.17, 15) is 14.4 Å². The van der Waals surface area contributed by atoms with Crippen molar-refractivity contribution in [3.05, 3.63) is 46.7 Å². The molecule has 1 saturated heterocycles. The number of anilines is 1. The Bertz CT molecular complexity index is 878. The molecular formula is C20H17NO4S. The van der Waals surface area contributed by atoms with E-state index in [0.29, 0.717) is 28.1 Å². The fraction of sp³-hybridized carbons (Fsp3) is 0.350. The van der Waals surface area contributed by atoms with Gasteiger partial charge < -0.3 is 4.74 Å². The predicted molar refractivity (Wildman–Crippen MR) is 96.0 cm³/mol. The molecule has 5 rings (SSSR count). The Balaban J connectivity index is 1.42. The first-order chi connectivity index (χ1) is 12.6. The van der Waals surface area contributed by atoms with Crippen LogP contribution in [0.3, 0.4) is 0 Å².